The van der Waals surface area contributed by atoms with Crippen molar-refractivity contribution in [3.8, 4) is 0 Å². The van der Waals surface area contributed by atoms with E-state index in [0.717, 1.165) is 25.6 Å². The van der Waals surface area contributed by atoms with Crippen molar-refractivity contribution in [3.63, 3.8) is 0 Å². The fourth-order valence-electron chi connectivity index (χ4n) is 2.36. The molecular weight excluding hydrogens is 196 g/mol. The summed E-state index contributed by atoms with van der Waals surface area (Å²) in [5.74, 6) is 0.847. The summed E-state index contributed by atoms with van der Waals surface area (Å²) in [6.45, 7) is 18.9. The topological polar surface area (TPSA) is 15.3 Å². The Kier molecular flexibility index (Phi) is 5.00. The quantitative estimate of drug-likeness (QED) is 0.722. The van der Waals surface area contributed by atoms with Gasteiger partial charge in [0.2, 0.25) is 0 Å². The summed E-state index contributed by atoms with van der Waals surface area (Å²) >= 11 is 0. The molecule has 1 heterocycles. The Morgan fingerprint density at radius 2 is 2.12 bits per heavy atom. The largest absolute Gasteiger partial charge is 0.313 e. The summed E-state index contributed by atoms with van der Waals surface area (Å²) < 4.78 is 0. The summed E-state index contributed by atoms with van der Waals surface area (Å²) in [5.41, 5.74) is 1.77. The molecule has 1 rings (SSSR count). The average molecular weight is 224 g/mol. The van der Waals surface area contributed by atoms with Gasteiger partial charge in [0.15, 0.2) is 0 Å². The first-order valence-corrected chi connectivity index (χ1v) is 6.53. The Morgan fingerprint density at radius 3 is 2.62 bits per heavy atom. The van der Waals surface area contributed by atoms with Crippen LogP contribution in [0.25, 0.3) is 0 Å². The normalized spacial score (nSPS) is 22.6. The van der Waals surface area contributed by atoms with Gasteiger partial charge >= 0.3 is 0 Å². The van der Waals surface area contributed by atoms with E-state index >= 15 is 0 Å². The Hall–Kier alpha value is -0.340. The number of rotatable bonds is 5. The van der Waals surface area contributed by atoms with Crippen molar-refractivity contribution in [3.05, 3.63) is 12.2 Å². The SMILES string of the molecule is C=C(CNCC)CN1CCC(C(C)(C)C)C1. The van der Waals surface area contributed by atoms with Crippen molar-refractivity contribution in [2.24, 2.45) is 11.3 Å². The van der Waals surface area contributed by atoms with Gasteiger partial charge in [-0.3, -0.25) is 4.90 Å². The zero-order valence-corrected chi connectivity index (χ0v) is 11.5. The molecule has 1 fully saturated rings. The van der Waals surface area contributed by atoms with Gasteiger partial charge in [-0.15, -0.1) is 0 Å². The van der Waals surface area contributed by atoms with Gasteiger partial charge in [0.1, 0.15) is 0 Å². The minimum absolute atomic E-state index is 0.456. The van der Waals surface area contributed by atoms with Gasteiger partial charge in [-0.1, -0.05) is 34.3 Å². The highest BCUT2D eigenvalue weighted by Gasteiger charge is 2.31. The van der Waals surface area contributed by atoms with Gasteiger partial charge in [-0.2, -0.15) is 0 Å². The predicted molar refractivity (Wildman–Crippen MR) is 71.7 cm³/mol. The fourth-order valence-corrected chi connectivity index (χ4v) is 2.36. The zero-order chi connectivity index (χ0) is 12.2. The monoisotopic (exact) mass is 224 g/mol. The smallest absolute Gasteiger partial charge is 0.0202 e. The van der Waals surface area contributed by atoms with Gasteiger partial charge in [0, 0.05) is 19.6 Å². The van der Waals surface area contributed by atoms with Gasteiger partial charge in [-0.25, -0.2) is 0 Å². The number of likely N-dealkylation sites (tertiary alicyclic amines) is 1. The second-order valence-electron chi connectivity index (χ2n) is 6.12. The maximum absolute atomic E-state index is 4.14. The van der Waals surface area contributed by atoms with Crippen LogP contribution in [0.15, 0.2) is 12.2 Å². The van der Waals surface area contributed by atoms with Gasteiger partial charge < -0.3 is 5.32 Å². The van der Waals surface area contributed by atoms with Crippen LogP contribution < -0.4 is 5.32 Å². The Bertz CT molecular complexity index is 227. The second-order valence-corrected chi connectivity index (χ2v) is 6.12. The summed E-state index contributed by atoms with van der Waals surface area (Å²) in [6.07, 6.45) is 1.35. The lowest BCUT2D eigenvalue weighted by Gasteiger charge is -2.27. The summed E-state index contributed by atoms with van der Waals surface area (Å²) in [4.78, 5) is 2.55. The van der Waals surface area contributed by atoms with E-state index < -0.39 is 0 Å². The van der Waals surface area contributed by atoms with Crippen LogP contribution in [0.3, 0.4) is 0 Å². The van der Waals surface area contributed by atoms with Crippen LogP contribution in [-0.2, 0) is 0 Å². The molecule has 1 atom stereocenters. The van der Waals surface area contributed by atoms with Gasteiger partial charge in [0.25, 0.3) is 0 Å². The van der Waals surface area contributed by atoms with Crippen LogP contribution in [0, 0.1) is 11.3 Å². The highest BCUT2D eigenvalue weighted by atomic mass is 15.1. The first-order valence-electron chi connectivity index (χ1n) is 6.53. The Morgan fingerprint density at radius 1 is 1.44 bits per heavy atom. The van der Waals surface area contributed by atoms with Crippen molar-refractivity contribution in [2.45, 2.75) is 34.1 Å². The lowest BCUT2D eigenvalue weighted by Crippen LogP contribution is -2.29. The number of likely N-dealkylation sites (N-methyl/N-ethyl adjacent to an activating group) is 1. The average Bonchev–Trinajstić information content (AvgIpc) is 2.62. The summed E-state index contributed by atoms with van der Waals surface area (Å²) in [7, 11) is 0. The first-order chi connectivity index (χ1) is 7.43. The molecule has 1 aliphatic rings. The van der Waals surface area contributed by atoms with Crippen LogP contribution in [0.2, 0.25) is 0 Å². The molecule has 2 heteroatoms. The molecule has 1 aliphatic heterocycles. The lowest BCUT2D eigenvalue weighted by molar-refractivity contribution is 0.234. The first kappa shape index (κ1) is 13.7. The predicted octanol–water partition coefficient (Wildman–Crippen LogP) is 2.52. The third-order valence-electron chi connectivity index (χ3n) is 3.57. The molecule has 0 aliphatic carbocycles. The molecule has 0 bridgehead atoms. The molecule has 0 radical (unpaired) electrons. The van der Waals surface area contributed by atoms with Crippen molar-refractivity contribution >= 4 is 0 Å². The van der Waals surface area contributed by atoms with E-state index in [0.29, 0.717) is 5.41 Å². The van der Waals surface area contributed by atoms with Crippen molar-refractivity contribution in [2.75, 3.05) is 32.7 Å². The molecular formula is C14H28N2. The molecule has 1 unspecified atom stereocenters. The van der Waals surface area contributed by atoms with Crippen LogP contribution in [0.4, 0.5) is 0 Å². The molecule has 0 saturated carbocycles. The molecule has 0 aromatic carbocycles. The minimum Gasteiger partial charge on any atom is -0.313 e. The van der Waals surface area contributed by atoms with Crippen LogP contribution in [-0.4, -0.2) is 37.6 Å². The number of nitrogens with one attached hydrogen (secondary N) is 1. The van der Waals surface area contributed by atoms with E-state index in [9.17, 15) is 0 Å². The molecule has 16 heavy (non-hydrogen) atoms. The van der Waals surface area contributed by atoms with E-state index in [1.165, 1.54) is 25.1 Å². The number of hydrogen-bond donors (Lipinski definition) is 1. The van der Waals surface area contributed by atoms with Gasteiger partial charge in [-0.05, 0) is 36.4 Å². The van der Waals surface area contributed by atoms with Crippen molar-refractivity contribution in [1.29, 1.82) is 0 Å². The highest BCUT2D eigenvalue weighted by molar-refractivity contribution is 5.01. The number of hydrogen-bond acceptors (Lipinski definition) is 2. The highest BCUT2D eigenvalue weighted by Crippen LogP contribution is 2.33. The Balaban J connectivity index is 2.29. The third-order valence-corrected chi connectivity index (χ3v) is 3.57. The van der Waals surface area contributed by atoms with E-state index in [1.54, 1.807) is 0 Å². The molecule has 0 spiro atoms. The molecule has 2 nitrogen and oxygen atoms in total. The molecule has 94 valence electrons. The van der Waals surface area contributed by atoms with Crippen molar-refractivity contribution < 1.29 is 0 Å². The zero-order valence-electron chi connectivity index (χ0n) is 11.5. The summed E-state index contributed by atoms with van der Waals surface area (Å²) in [5, 5.41) is 3.34. The van der Waals surface area contributed by atoms with Crippen LogP contribution >= 0.6 is 0 Å². The van der Waals surface area contributed by atoms with Gasteiger partial charge in [0.05, 0.1) is 0 Å². The maximum Gasteiger partial charge on any atom is 0.0202 e. The van der Waals surface area contributed by atoms with E-state index in [2.05, 4.69) is 44.5 Å². The van der Waals surface area contributed by atoms with Crippen molar-refractivity contribution in [1.82, 2.24) is 10.2 Å². The van der Waals surface area contributed by atoms with E-state index in [-0.39, 0.29) is 0 Å². The van der Waals surface area contributed by atoms with Crippen LogP contribution in [0.1, 0.15) is 34.1 Å². The lowest BCUT2D eigenvalue weighted by atomic mass is 9.80. The molecule has 0 amide bonds. The molecule has 1 saturated heterocycles. The van der Waals surface area contributed by atoms with Crippen LogP contribution in [0.5, 0.6) is 0 Å². The molecule has 0 aromatic heterocycles. The minimum atomic E-state index is 0.456. The standard InChI is InChI=1S/C14H28N2/c1-6-15-9-12(2)10-16-8-7-13(11-16)14(3,4)5/h13,15H,2,6-11H2,1,3-5H3. The Labute approximate surface area is 101 Å². The molecule has 1 N–H and O–H groups in total. The molecule has 0 aromatic rings. The number of nitrogens with zero attached hydrogens (tertiary/aromatic N) is 1. The van der Waals surface area contributed by atoms with E-state index in [4.69, 9.17) is 0 Å². The fraction of sp³-hybridized carbons (Fsp3) is 0.857. The second kappa shape index (κ2) is 5.83. The summed E-state index contributed by atoms with van der Waals surface area (Å²) in [6, 6.07) is 0. The maximum atomic E-state index is 4.14. The third kappa shape index (κ3) is 4.26. The van der Waals surface area contributed by atoms with E-state index in [1.807, 2.05) is 0 Å².